The van der Waals surface area contributed by atoms with E-state index in [0.717, 1.165) is 22.3 Å². The van der Waals surface area contributed by atoms with E-state index in [1.54, 1.807) is 0 Å². The molecule has 0 nitrogen and oxygen atoms in total. The van der Waals surface area contributed by atoms with Gasteiger partial charge in [-0.05, 0) is 24.7 Å². The Labute approximate surface area is 84.5 Å². The maximum atomic E-state index is 2.45. The van der Waals surface area contributed by atoms with Crippen molar-refractivity contribution >= 4 is 11.8 Å². The Morgan fingerprint density at radius 1 is 1.00 bits per heavy atom. The van der Waals surface area contributed by atoms with Crippen LogP contribution in [0.5, 0.6) is 0 Å². The van der Waals surface area contributed by atoms with Gasteiger partial charge >= 0.3 is 0 Å². The van der Waals surface area contributed by atoms with Crippen LogP contribution in [0.25, 0.3) is 0 Å². The summed E-state index contributed by atoms with van der Waals surface area (Å²) < 4.78 is 0. The van der Waals surface area contributed by atoms with Gasteiger partial charge in [-0.15, -0.1) is 0 Å². The molecule has 0 N–H and O–H groups in total. The topological polar surface area (TPSA) is 0 Å². The van der Waals surface area contributed by atoms with E-state index in [9.17, 15) is 0 Å². The molecule has 4 unspecified atom stereocenters. The second-order valence-electron chi connectivity index (χ2n) is 4.43. The molecule has 70 valence electrons. The molecular weight excluding hydrogens is 176 g/mol. The van der Waals surface area contributed by atoms with Gasteiger partial charge in [0.1, 0.15) is 0 Å². The van der Waals surface area contributed by atoms with Crippen molar-refractivity contribution in [2.24, 2.45) is 11.8 Å². The quantitative estimate of drug-likeness (QED) is 0.567. The van der Waals surface area contributed by atoms with Crippen molar-refractivity contribution in [3.05, 3.63) is 24.3 Å². The first kappa shape index (κ1) is 8.16. The van der Waals surface area contributed by atoms with Crippen LogP contribution in [0.15, 0.2) is 24.3 Å². The number of rotatable bonds is 0. The molecule has 3 rings (SSSR count). The largest absolute Gasteiger partial charge is 0.150 e. The highest BCUT2D eigenvalue weighted by atomic mass is 32.2. The monoisotopic (exact) mass is 192 g/mol. The molecular formula is C12H16S. The molecule has 0 radical (unpaired) electrons. The first-order valence-corrected chi connectivity index (χ1v) is 6.40. The smallest absolute Gasteiger partial charge is 0.0298 e. The Balaban J connectivity index is 1.85. The first-order valence-electron chi connectivity index (χ1n) is 5.45. The second kappa shape index (κ2) is 3.20. The Hall–Kier alpha value is -0.170. The van der Waals surface area contributed by atoms with Crippen LogP contribution < -0.4 is 0 Å². The molecule has 3 aliphatic rings. The summed E-state index contributed by atoms with van der Waals surface area (Å²) >= 11 is 2.24. The summed E-state index contributed by atoms with van der Waals surface area (Å²) in [6, 6.07) is 0. The van der Waals surface area contributed by atoms with Crippen molar-refractivity contribution in [3.8, 4) is 0 Å². The predicted molar refractivity (Wildman–Crippen MR) is 58.9 cm³/mol. The lowest BCUT2D eigenvalue weighted by Gasteiger charge is -2.27. The highest BCUT2D eigenvalue weighted by molar-refractivity contribution is 8.01. The second-order valence-corrected chi connectivity index (χ2v) is 5.86. The minimum Gasteiger partial charge on any atom is -0.150 e. The minimum absolute atomic E-state index is 0.818. The van der Waals surface area contributed by atoms with Gasteiger partial charge < -0.3 is 0 Å². The minimum atomic E-state index is 0.818. The molecule has 0 amide bonds. The lowest BCUT2D eigenvalue weighted by molar-refractivity contribution is 0.321. The fourth-order valence-electron chi connectivity index (χ4n) is 3.06. The van der Waals surface area contributed by atoms with E-state index in [1.165, 1.54) is 25.7 Å². The molecule has 1 heterocycles. The lowest BCUT2D eigenvalue weighted by atomic mass is 9.77. The van der Waals surface area contributed by atoms with Crippen molar-refractivity contribution in [3.63, 3.8) is 0 Å². The third-order valence-corrected chi connectivity index (χ3v) is 5.43. The zero-order chi connectivity index (χ0) is 8.67. The zero-order valence-electron chi connectivity index (χ0n) is 7.86. The average Bonchev–Trinajstić information content (AvgIpc) is 2.56. The average molecular weight is 192 g/mol. The van der Waals surface area contributed by atoms with E-state index in [-0.39, 0.29) is 0 Å². The Bertz CT molecular complexity index is 254. The van der Waals surface area contributed by atoms with Gasteiger partial charge in [0.25, 0.3) is 0 Å². The Morgan fingerprint density at radius 2 is 1.85 bits per heavy atom. The van der Waals surface area contributed by atoms with Gasteiger partial charge in [0, 0.05) is 10.5 Å². The van der Waals surface area contributed by atoms with Crippen LogP contribution in [-0.2, 0) is 0 Å². The van der Waals surface area contributed by atoms with Crippen LogP contribution in [0.4, 0.5) is 0 Å². The molecule has 1 aliphatic heterocycles. The summed E-state index contributed by atoms with van der Waals surface area (Å²) in [5.74, 6) is 1.88. The van der Waals surface area contributed by atoms with E-state index >= 15 is 0 Å². The van der Waals surface area contributed by atoms with Crippen LogP contribution in [0, 0.1) is 11.8 Å². The number of thioether (sulfide) groups is 1. The normalized spacial score (nSPS) is 47.4. The van der Waals surface area contributed by atoms with E-state index in [1.807, 2.05) is 0 Å². The third-order valence-electron chi connectivity index (χ3n) is 3.70. The summed E-state index contributed by atoms with van der Waals surface area (Å²) in [5, 5.41) is 1.80. The maximum absolute atomic E-state index is 2.45. The van der Waals surface area contributed by atoms with Crippen LogP contribution in [-0.4, -0.2) is 10.5 Å². The van der Waals surface area contributed by atoms with Crippen LogP contribution >= 0.6 is 11.8 Å². The summed E-state index contributed by atoms with van der Waals surface area (Å²) in [5.41, 5.74) is 0. The molecule has 1 heteroatoms. The molecule has 0 aromatic carbocycles. The molecule has 13 heavy (non-hydrogen) atoms. The van der Waals surface area contributed by atoms with Crippen molar-refractivity contribution in [1.29, 1.82) is 0 Å². The summed E-state index contributed by atoms with van der Waals surface area (Å²) in [7, 11) is 0. The summed E-state index contributed by atoms with van der Waals surface area (Å²) in [4.78, 5) is 0. The molecule has 0 aromatic heterocycles. The number of hydrogen-bond donors (Lipinski definition) is 0. The maximum Gasteiger partial charge on any atom is 0.0298 e. The molecule has 1 saturated carbocycles. The number of fused-ring (bicyclic) bond motifs is 3. The highest BCUT2D eigenvalue weighted by Gasteiger charge is 2.42. The Kier molecular flexibility index (Phi) is 2.01. The summed E-state index contributed by atoms with van der Waals surface area (Å²) in [6.07, 6.45) is 15.2. The molecule has 0 spiro atoms. The zero-order valence-corrected chi connectivity index (χ0v) is 8.67. The van der Waals surface area contributed by atoms with E-state index in [2.05, 4.69) is 36.1 Å². The number of hydrogen-bond acceptors (Lipinski definition) is 1. The molecule has 2 fully saturated rings. The van der Waals surface area contributed by atoms with Crippen LogP contribution in [0.2, 0.25) is 0 Å². The van der Waals surface area contributed by atoms with E-state index in [4.69, 9.17) is 0 Å². The van der Waals surface area contributed by atoms with Crippen molar-refractivity contribution in [2.45, 2.75) is 36.2 Å². The van der Waals surface area contributed by atoms with Crippen LogP contribution in [0.3, 0.4) is 0 Å². The third kappa shape index (κ3) is 1.28. The highest BCUT2D eigenvalue weighted by Crippen LogP contribution is 2.51. The van der Waals surface area contributed by atoms with Gasteiger partial charge in [0.05, 0.1) is 0 Å². The van der Waals surface area contributed by atoms with Gasteiger partial charge in [-0.1, -0.05) is 37.1 Å². The van der Waals surface area contributed by atoms with Crippen LogP contribution in [0.1, 0.15) is 25.7 Å². The van der Waals surface area contributed by atoms with Crippen molar-refractivity contribution in [2.75, 3.05) is 0 Å². The van der Waals surface area contributed by atoms with E-state index in [0.29, 0.717) is 0 Å². The lowest BCUT2D eigenvalue weighted by Crippen LogP contribution is -2.23. The van der Waals surface area contributed by atoms with Gasteiger partial charge in [0.15, 0.2) is 0 Å². The SMILES string of the molecule is C1=CC2SC3CCCCC3C2C=C1. The van der Waals surface area contributed by atoms with Crippen molar-refractivity contribution < 1.29 is 0 Å². The summed E-state index contributed by atoms with van der Waals surface area (Å²) in [6.45, 7) is 0. The fourth-order valence-corrected chi connectivity index (χ4v) is 4.94. The van der Waals surface area contributed by atoms with Crippen molar-refractivity contribution in [1.82, 2.24) is 0 Å². The molecule has 0 aromatic rings. The Morgan fingerprint density at radius 3 is 2.85 bits per heavy atom. The van der Waals surface area contributed by atoms with Gasteiger partial charge in [-0.25, -0.2) is 0 Å². The predicted octanol–water partition coefficient (Wildman–Crippen LogP) is 3.40. The number of allylic oxidation sites excluding steroid dienone is 3. The van der Waals surface area contributed by atoms with Gasteiger partial charge in [0.2, 0.25) is 0 Å². The molecule has 4 atom stereocenters. The van der Waals surface area contributed by atoms with Gasteiger partial charge in [-0.2, -0.15) is 11.8 Å². The fraction of sp³-hybridized carbons (Fsp3) is 0.667. The van der Waals surface area contributed by atoms with Gasteiger partial charge in [-0.3, -0.25) is 0 Å². The first-order chi connectivity index (χ1) is 6.45. The molecule has 0 bridgehead atoms. The standard InChI is InChI=1S/C12H16S/c1-3-7-11-9(5-1)10-6-2-4-8-12(10)13-11/h1,3,5,7,9-12H,2,4,6,8H2. The molecule has 2 aliphatic carbocycles. The molecule has 1 saturated heterocycles. The van der Waals surface area contributed by atoms with E-state index < -0.39 is 0 Å².